The van der Waals surface area contributed by atoms with Gasteiger partial charge in [-0.1, -0.05) is 28.1 Å². The minimum absolute atomic E-state index is 0. The van der Waals surface area contributed by atoms with Gasteiger partial charge in [0.15, 0.2) is 0 Å². The molecule has 0 atom stereocenters. The molecule has 0 fully saturated rings. The third kappa shape index (κ3) is 6.40. The lowest BCUT2D eigenvalue weighted by Crippen LogP contribution is -2.42. The quantitative estimate of drug-likeness (QED) is 0.698. The second kappa shape index (κ2) is 9.37. The van der Waals surface area contributed by atoms with Gasteiger partial charge in [-0.15, -0.1) is 12.4 Å². The molecule has 0 aliphatic heterocycles. The summed E-state index contributed by atoms with van der Waals surface area (Å²) in [7, 11) is 0. The SMILES string of the molecule is CC(C)(CO)NCc1cc(Br)ccc1OCc1ccc(F)cc1.Cl. The first-order valence-electron chi connectivity index (χ1n) is 7.41. The molecule has 2 N–H and O–H groups in total. The van der Waals surface area contributed by atoms with Crippen molar-refractivity contribution in [1.29, 1.82) is 0 Å². The Hall–Kier alpha value is -1.14. The molecule has 132 valence electrons. The van der Waals surface area contributed by atoms with Gasteiger partial charge in [0, 0.05) is 22.1 Å². The van der Waals surface area contributed by atoms with Crippen molar-refractivity contribution in [2.24, 2.45) is 0 Å². The second-order valence-corrected chi connectivity index (χ2v) is 6.98. The molecule has 6 heteroatoms. The Morgan fingerprint density at radius 3 is 2.46 bits per heavy atom. The van der Waals surface area contributed by atoms with Gasteiger partial charge in [0.1, 0.15) is 18.2 Å². The molecule has 0 bridgehead atoms. The fourth-order valence-corrected chi connectivity index (χ4v) is 2.37. The van der Waals surface area contributed by atoms with Crippen LogP contribution in [0.2, 0.25) is 0 Å². The van der Waals surface area contributed by atoms with Crippen LogP contribution in [0.15, 0.2) is 46.9 Å². The summed E-state index contributed by atoms with van der Waals surface area (Å²) < 4.78 is 19.8. The molecule has 3 nitrogen and oxygen atoms in total. The summed E-state index contributed by atoms with van der Waals surface area (Å²) in [6.07, 6.45) is 0. The summed E-state index contributed by atoms with van der Waals surface area (Å²) in [5.41, 5.74) is 1.53. The van der Waals surface area contributed by atoms with E-state index in [0.717, 1.165) is 21.3 Å². The largest absolute Gasteiger partial charge is 0.489 e. The topological polar surface area (TPSA) is 41.5 Å². The Bertz CT molecular complexity index is 650. The number of aliphatic hydroxyl groups excluding tert-OH is 1. The fraction of sp³-hybridized carbons (Fsp3) is 0.333. The zero-order chi connectivity index (χ0) is 16.9. The monoisotopic (exact) mass is 417 g/mol. The molecule has 2 rings (SSSR count). The van der Waals surface area contributed by atoms with E-state index in [1.54, 1.807) is 12.1 Å². The highest BCUT2D eigenvalue weighted by Crippen LogP contribution is 2.24. The van der Waals surface area contributed by atoms with Gasteiger partial charge >= 0.3 is 0 Å². The minimum atomic E-state index is -0.365. The number of ether oxygens (including phenoxy) is 1. The van der Waals surface area contributed by atoms with E-state index in [2.05, 4.69) is 21.2 Å². The van der Waals surface area contributed by atoms with Crippen LogP contribution in [-0.4, -0.2) is 17.3 Å². The van der Waals surface area contributed by atoms with Gasteiger partial charge < -0.3 is 15.2 Å². The zero-order valence-corrected chi connectivity index (χ0v) is 16.1. The van der Waals surface area contributed by atoms with Crippen LogP contribution in [0.3, 0.4) is 0 Å². The van der Waals surface area contributed by atoms with Crippen molar-refractivity contribution in [2.75, 3.05) is 6.61 Å². The Labute approximate surface area is 156 Å². The van der Waals surface area contributed by atoms with Crippen LogP contribution >= 0.6 is 28.3 Å². The van der Waals surface area contributed by atoms with Crippen molar-refractivity contribution in [2.45, 2.75) is 32.5 Å². The molecule has 0 heterocycles. The predicted octanol–water partition coefficient (Wildman–Crippen LogP) is 4.45. The first kappa shape index (κ1) is 20.9. The molecule has 0 aliphatic rings. The van der Waals surface area contributed by atoms with E-state index < -0.39 is 0 Å². The predicted molar refractivity (Wildman–Crippen MR) is 100 cm³/mol. The van der Waals surface area contributed by atoms with Crippen LogP contribution in [0.5, 0.6) is 5.75 Å². The van der Waals surface area contributed by atoms with E-state index in [-0.39, 0.29) is 30.4 Å². The molecular weight excluding hydrogens is 397 g/mol. The van der Waals surface area contributed by atoms with E-state index in [0.29, 0.717) is 13.2 Å². The lowest BCUT2D eigenvalue weighted by molar-refractivity contribution is 0.186. The fourth-order valence-electron chi connectivity index (χ4n) is 1.96. The Morgan fingerprint density at radius 2 is 1.83 bits per heavy atom. The molecule has 0 amide bonds. The normalized spacial score (nSPS) is 11.0. The third-order valence-electron chi connectivity index (χ3n) is 3.48. The maximum atomic E-state index is 12.9. The van der Waals surface area contributed by atoms with Crippen LogP contribution < -0.4 is 10.1 Å². The van der Waals surface area contributed by atoms with Crippen LogP contribution in [-0.2, 0) is 13.2 Å². The van der Waals surface area contributed by atoms with Crippen molar-refractivity contribution in [3.05, 3.63) is 63.9 Å². The number of halogens is 3. The van der Waals surface area contributed by atoms with Crippen molar-refractivity contribution >= 4 is 28.3 Å². The van der Waals surface area contributed by atoms with E-state index in [9.17, 15) is 9.50 Å². The van der Waals surface area contributed by atoms with E-state index in [1.165, 1.54) is 12.1 Å². The number of aliphatic hydroxyl groups is 1. The van der Waals surface area contributed by atoms with Gasteiger partial charge in [0.25, 0.3) is 0 Å². The summed E-state index contributed by atoms with van der Waals surface area (Å²) in [6.45, 7) is 4.87. The van der Waals surface area contributed by atoms with Gasteiger partial charge in [0.05, 0.1) is 6.61 Å². The highest BCUT2D eigenvalue weighted by atomic mass is 79.9. The summed E-state index contributed by atoms with van der Waals surface area (Å²) >= 11 is 3.46. The summed E-state index contributed by atoms with van der Waals surface area (Å²) in [5.74, 6) is 0.507. The van der Waals surface area contributed by atoms with Crippen molar-refractivity contribution in [1.82, 2.24) is 5.32 Å². The van der Waals surface area contributed by atoms with Crippen molar-refractivity contribution in [3.8, 4) is 5.75 Å². The van der Waals surface area contributed by atoms with E-state index >= 15 is 0 Å². The average molecular weight is 419 g/mol. The van der Waals surface area contributed by atoms with E-state index in [4.69, 9.17) is 4.74 Å². The summed E-state index contributed by atoms with van der Waals surface area (Å²) in [5, 5.41) is 12.6. The third-order valence-corrected chi connectivity index (χ3v) is 3.98. The number of hydrogen-bond acceptors (Lipinski definition) is 3. The van der Waals surface area contributed by atoms with Crippen molar-refractivity contribution in [3.63, 3.8) is 0 Å². The second-order valence-electron chi connectivity index (χ2n) is 6.06. The lowest BCUT2D eigenvalue weighted by Gasteiger charge is -2.24. The first-order valence-corrected chi connectivity index (χ1v) is 8.20. The van der Waals surface area contributed by atoms with Gasteiger partial charge in [-0.2, -0.15) is 0 Å². The number of rotatable bonds is 7. The van der Waals surface area contributed by atoms with E-state index in [1.807, 2.05) is 32.0 Å². The molecule has 0 radical (unpaired) electrons. The molecule has 0 aliphatic carbocycles. The molecule has 0 spiro atoms. The highest BCUT2D eigenvalue weighted by molar-refractivity contribution is 9.10. The van der Waals surface area contributed by atoms with Crippen LogP contribution in [0.1, 0.15) is 25.0 Å². The summed E-state index contributed by atoms with van der Waals surface area (Å²) in [6, 6.07) is 12.1. The Morgan fingerprint density at radius 1 is 1.17 bits per heavy atom. The maximum absolute atomic E-state index is 12.9. The molecule has 2 aromatic carbocycles. The zero-order valence-electron chi connectivity index (χ0n) is 13.7. The Kier molecular flexibility index (Phi) is 8.16. The van der Waals surface area contributed by atoms with Crippen molar-refractivity contribution < 1.29 is 14.2 Å². The van der Waals surface area contributed by atoms with Gasteiger partial charge in [-0.3, -0.25) is 0 Å². The molecule has 0 aromatic heterocycles. The lowest BCUT2D eigenvalue weighted by atomic mass is 10.1. The highest BCUT2D eigenvalue weighted by Gasteiger charge is 2.16. The summed E-state index contributed by atoms with van der Waals surface area (Å²) in [4.78, 5) is 0. The van der Waals surface area contributed by atoms with Gasteiger partial charge in [-0.05, 0) is 49.7 Å². The number of hydrogen-bond donors (Lipinski definition) is 2. The minimum Gasteiger partial charge on any atom is -0.489 e. The number of nitrogens with one attached hydrogen (secondary N) is 1. The molecule has 0 saturated carbocycles. The standard InChI is InChI=1S/C18H21BrFNO2.ClH/c1-18(2,12-22)21-10-14-9-15(19)5-8-17(14)23-11-13-3-6-16(20)7-4-13;/h3-9,21-22H,10-12H2,1-2H3;1H. The smallest absolute Gasteiger partial charge is 0.124 e. The molecule has 24 heavy (non-hydrogen) atoms. The van der Waals surface area contributed by atoms with Crippen LogP contribution in [0.25, 0.3) is 0 Å². The molecule has 0 unspecified atom stereocenters. The average Bonchev–Trinajstić information content (AvgIpc) is 2.53. The molecule has 2 aromatic rings. The Balaban J connectivity index is 0.00000288. The number of benzene rings is 2. The van der Waals surface area contributed by atoms with Crippen LogP contribution in [0, 0.1) is 5.82 Å². The molecule has 0 saturated heterocycles. The van der Waals surface area contributed by atoms with Gasteiger partial charge in [-0.25, -0.2) is 4.39 Å². The first-order chi connectivity index (χ1) is 10.9. The molecular formula is C18H22BrClFNO2. The van der Waals surface area contributed by atoms with Gasteiger partial charge in [0.2, 0.25) is 0 Å². The van der Waals surface area contributed by atoms with Crippen LogP contribution in [0.4, 0.5) is 4.39 Å². The maximum Gasteiger partial charge on any atom is 0.124 e.